The Morgan fingerprint density at radius 3 is 2.50 bits per heavy atom. The topological polar surface area (TPSA) is 80.0 Å². The SMILES string of the molecule is Cc1ccc(C2/C(=C(\O)c3cc(C(C)(C)C)ccc3C)C(=O)C(=O)N2CC2CCCO2)o1. The molecule has 6 nitrogen and oxygen atoms in total. The van der Waals surface area contributed by atoms with Crippen LogP contribution in [0.1, 0.15) is 67.9 Å². The van der Waals surface area contributed by atoms with Crippen molar-refractivity contribution in [1.82, 2.24) is 4.90 Å². The number of benzene rings is 1. The first-order valence-electron chi connectivity index (χ1n) is 11.2. The fraction of sp³-hybridized carbons (Fsp3) is 0.462. The Bertz CT molecular complexity index is 1080. The zero-order valence-electron chi connectivity index (χ0n) is 19.4. The van der Waals surface area contributed by atoms with E-state index in [-0.39, 0.29) is 29.4 Å². The smallest absolute Gasteiger partial charge is 0.295 e. The van der Waals surface area contributed by atoms with Crippen LogP contribution in [0.5, 0.6) is 0 Å². The largest absolute Gasteiger partial charge is 0.507 e. The van der Waals surface area contributed by atoms with E-state index in [0.717, 1.165) is 24.0 Å². The first-order valence-corrected chi connectivity index (χ1v) is 11.2. The van der Waals surface area contributed by atoms with Gasteiger partial charge in [-0.05, 0) is 61.4 Å². The molecule has 170 valence electrons. The fourth-order valence-corrected chi connectivity index (χ4v) is 4.46. The molecule has 0 aliphatic carbocycles. The lowest BCUT2D eigenvalue weighted by atomic mass is 9.84. The average molecular weight is 438 g/mol. The minimum atomic E-state index is -0.786. The highest BCUT2D eigenvalue weighted by atomic mass is 16.5. The fourth-order valence-electron chi connectivity index (χ4n) is 4.46. The summed E-state index contributed by atoms with van der Waals surface area (Å²) in [5, 5.41) is 11.4. The molecule has 1 aromatic carbocycles. The van der Waals surface area contributed by atoms with Crippen molar-refractivity contribution in [2.24, 2.45) is 0 Å². The van der Waals surface area contributed by atoms with Crippen LogP contribution in [0.2, 0.25) is 0 Å². The lowest BCUT2D eigenvalue weighted by molar-refractivity contribution is -0.141. The molecular formula is C26H31NO5. The lowest BCUT2D eigenvalue weighted by Gasteiger charge is -2.26. The highest BCUT2D eigenvalue weighted by Crippen LogP contribution is 2.41. The number of rotatable bonds is 4. The van der Waals surface area contributed by atoms with Crippen LogP contribution in [-0.4, -0.2) is 41.0 Å². The molecule has 0 radical (unpaired) electrons. The molecule has 0 bridgehead atoms. The van der Waals surface area contributed by atoms with Crippen LogP contribution in [0.25, 0.3) is 5.76 Å². The van der Waals surface area contributed by atoms with Gasteiger partial charge in [-0.15, -0.1) is 0 Å². The standard InChI is InChI=1S/C26H31NO5/c1-15-8-10-17(26(3,4)5)13-19(15)23(28)21-22(20-11-9-16(2)32-20)27(25(30)24(21)29)14-18-7-6-12-31-18/h8-11,13,18,22,28H,6-7,12,14H2,1-5H3/b23-21+. The first kappa shape index (κ1) is 22.3. The number of likely N-dealkylation sites (tertiary alicyclic amines) is 1. The number of furan rings is 1. The van der Waals surface area contributed by atoms with Gasteiger partial charge < -0.3 is 19.2 Å². The Hall–Kier alpha value is -2.86. The van der Waals surface area contributed by atoms with E-state index < -0.39 is 17.7 Å². The molecule has 2 aliphatic heterocycles. The number of aliphatic hydroxyl groups excluding tert-OH is 1. The molecule has 4 rings (SSSR count). The number of nitrogens with zero attached hydrogens (tertiary/aromatic N) is 1. The molecule has 3 heterocycles. The van der Waals surface area contributed by atoms with E-state index >= 15 is 0 Å². The monoisotopic (exact) mass is 437 g/mol. The predicted molar refractivity (Wildman–Crippen MR) is 121 cm³/mol. The summed E-state index contributed by atoms with van der Waals surface area (Å²) in [6, 6.07) is 8.64. The second kappa shape index (κ2) is 8.24. The number of ether oxygens (including phenoxy) is 1. The molecule has 2 aromatic rings. The summed E-state index contributed by atoms with van der Waals surface area (Å²) in [5.41, 5.74) is 2.35. The van der Waals surface area contributed by atoms with Gasteiger partial charge in [0.1, 0.15) is 23.3 Å². The highest BCUT2D eigenvalue weighted by Gasteiger charge is 2.48. The molecular weight excluding hydrogens is 406 g/mol. The van der Waals surface area contributed by atoms with Gasteiger partial charge in [0.25, 0.3) is 11.7 Å². The number of carbonyl (C=O) groups is 2. The van der Waals surface area contributed by atoms with Gasteiger partial charge in [-0.3, -0.25) is 9.59 Å². The molecule has 2 fully saturated rings. The number of carbonyl (C=O) groups excluding carboxylic acids is 2. The molecule has 2 saturated heterocycles. The number of aliphatic hydroxyl groups is 1. The van der Waals surface area contributed by atoms with Gasteiger partial charge in [0.2, 0.25) is 0 Å². The van der Waals surface area contributed by atoms with E-state index in [1.54, 1.807) is 12.1 Å². The third kappa shape index (κ3) is 3.99. The Labute approximate surface area is 188 Å². The maximum atomic E-state index is 13.2. The van der Waals surface area contributed by atoms with E-state index in [1.807, 2.05) is 32.0 Å². The number of hydrogen-bond acceptors (Lipinski definition) is 5. The van der Waals surface area contributed by atoms with Crippen molar-refractivity contribution < 1.29 is 23.8 Å². The number of hydrogen-bond donors (Lipinski definition) is 1. The van der Waals surface area contributed by atoms with Gasteiger partial charge in [0.15, 0.2) is 0 Å². The minimum Gasteiger partial charge on any atom is -0.507 e. The molecule has 1 aromatic heterocycles. The third-order valence-corrected chi connectivity index (χ3v) is 6.35. The molecule has 2 atom stereocenters. The number of ketones is 1. The van der Waals surface area contributed by atoms with Crippen LogP contribution in [0.3, 0.4) is 0 Å². The van der Waals surface area contributed by atoms with Crippen molar-refractivity contribution in [2.45, 2.75) is 65.0 Å². The summed E-state index contributed by atoms with van der Waals surface area (Å²) in [7, 11) is 0. The van der Waals surface area contributed by atoms with E-state index in [1.165, 1.54) is 4.90 Å². The predicted octanol–water partition coefficient (Wildman–Crippen LogP) is 4.79. The number of Topliss-reactive ketones (excluding diaryl/α,β-unsaturated/α-hetero) is 1. The van der Waals surface area contributed by atoms with Crippen LogP contribution in [0.4, 0.5) is 0 Å². The van der Waals surface area contributed by atoms with Crippen molar-refractivity contribution in [1.29, 1.82) is 0 Å². The quantitative estimate of drug-likeness (QED) is 0.422. The zero-order valence-corrected chi connectivity index (χ0v) is 19.4. The summed E-state index contributed by atoms with van der Waals surface area (Å²) in [4.78, 5) is 27.8. The number of amides is 1. The van der Waals surface area contributed by atoms with Crippen molar-refractivity contribution in [2.75, 3.05) is 13.2 Å². The highest BCUT2D eigenvalue weighted by molar-refractivity contribution is 6.46. The zero-order chi connectivity index (χ0) is 23.2. The summed E-state index contributed by atoms with van der Waals surface area (Å²) < 4.78 is 11.6. The normalized spacial score (nSPS) is 23.3. The summed E-state index contributed by atoms with van der Waals surface area (Å²) >= 11 is 0. The molecule has 2 aliphatic rings. The van der Waals surface area contributed by atoms with Crippen LogP contribution in [-0.2, 0) is 19.7 Å². The van der Waals surface area contributed by atoms with Crippen molar-refractivity contribution >= 4 is 17.4 Å². The Morgan fingerprint density at radius 2 is 1.91 bits per heavy atom. The van der Waals surface area contributed by atoms with Gasteiger partial charge in [0, 0.05) is 18.7 Å². The Morgan fingerprint density at radius 1 is 1.16 bits per heavy atom. The maximum absolute atomic E-state index is 13.2. The Kier molecular flexibility index (Phi) is 5.76. The van der Waals surface area contributed by atoms with Crippen molar-refractivity contribution in [3.63, 3.8) is 0 Å². The number of aryl methyl sites for hydroxylation is 2. The molecule has 0 spiro atoms. The average Bonchev–Trinajstić information content (AvgIpc) is 3.44. The third-order valence-electron chi connectivity index (χ3n) is 6.35. The molecule has 1 amide bonds. The molecule has 32 heavy (non-hydrogen) atoms. The summed E-state index contributed by atoms with van der Waals surface area (Å²) in [5.74, 6) is -0.355. The summed E-state index contributed by atoms with van der Waals surface area (Å²) in [6.45, 7) is 10.9. The lowest BCUT2D eigenvalue weighted by Crippen LogP contribution is -2.36. The maximum Gasteiger partial charge on any atom is 0.295 e. The van der Waals surface area contributed by atoms with Crippen LogP contribution < -0.4 is 0 Å². The van der Waals surface area contributed by atoms with E-state index in [4.69, 9.17) is 9.15 Å². The molecule has 1 N–H and O–H groups in total. The summed E-state index contributed by atoms with van der Waals surface area (Å²) in [6.07, 6.45) is 1.63. The second-order valence-electron chi connectivity index (χ2n) is 9.81. The minimum absolute atomic E-state index is 0.0662. The van der Waals surface area contributed by atoms with E-state index in [2.05, 4.69) is 20.8 Å². The van der Waals surface area contributed by atoms with Gasteiger partial charge in [0.05, 0.1) is 11.7 Å². The van der Waals surface area contributed by atoms with Gasteiger partial charge in [-0.25, -0.2) is 0 Å². The van der Waals surface area contributed by atoms with Crippen LogP contribution >= 0.6 is 0 Å². The van der Waals surface area contributed by atoms with Crippen molar-refractivity contribution in [3.05, 3.63) is 64.1 Å². The Balaban J connectivity index is 1.86. The molecule has 6 heteroatoms. The van der Waals surface area contributed by atoms with Crippen LogP contribution in [0.15, 0.2) is 40.3 Å². The van der Waals surface area contributed by atoms with Crippen LogP contribution in [0, 0.1) is 13.8 Å². The van der Waals surface area contributed by atoms with Crippen molar-refractivity contribution in [3.8, 4) is 0 Å². The molecule has 2 unspecified atom stereocenters. The van der Waals surface area contributed by atoms with Gasteiger partial charge in [-0.2, -0.15) is 0 Å². The molecule has 0 saturated carbocycles. The van der Waals surface area contributed by atoms with Gasteiger partial charge >= 0.3 is 0 Å². The first-order chi connectivity index (χ1) is 15.1. The van der Waals surface area contributed by atoms with E-state index in [0.29, 0.717) is 23.7 Å². The van der Waals surface area contributed by atoms with E-state index in [9.17, 15) is 14.7 Å². The second-order valence-corrected chi connectivity index (χ2v) is 9.81. The van der Waals surface area contributed by atoms with Gasteiger partial charge in [-0.1, -0.05) is 32.9 Å².